The summed E-state index contributed by atoms with van der Waals surface area (Å²) >= 11 is 3.44. The summed E-state index contributed by atoms with van der Waals surface area (Å²) in [6, 6.07) is 7.61. The highest BCUT2D eigenvalue weighted by atomic mass is 79.9. The van der Waals surface area contributed by atoms with Crippen molar-refractivity contribution >= 4 is 34.2 Å². The van der Waals surface area contributed by atoms with Crippen LogP contribution in [0.15, 0.2) is 28.7 Å². The fourth-order valence-corrected chi connectivity index (χ4v) is 2.98. The zero-order chi connectivity index (χ0) is 13.0. The van der Waals surface area contributed by atoms with Gasteiger partial charge in [0.15, 0.2) is 0 Å². The van der Waals surface area contributed by atoms with E-state index in [4.69, 9.17) is 5.73 Å². The number of rotatable bonds is 3. The van der Waals surface area contributed by atoms with Gasteiger partial charge in [-0.15, -0.1) is 12.4 Å². The van der Waals surface area contributed by atoms with Crippen molar-refractivity contribution in [1.29, 1.82) is 0 Å². The van der Waals surface area contributed by atoms with Crippen molar-refractivity contribution in [3.8, 4) is 0 Å². The van der Waals surface area contributed by atoms with E-state index >= 15 is 0 Å². The summed E-state index contributed by atoms with van der Waals surface area (Å²) in [5, 5.41) is 0. The summed E-state index contributed by atoms with van der Waals surface area (Å²) in [4.78, 5) is 14.4. The van der Waals surface area contributed by atoms with E-state index in [1.165, 1.54) is 6.42 Å². The minimum absolute atomic E-state index is 0. The Kier molecular flexibility index (Phi) is 6.83. The van der Waals surface area contributed by atoms with E-state index in [0.29, 0.717) is 12.5 Å². The van der Waals surface area contributed by atoms with Gasteiger partial charge in [-0.1, -0.05) is 12.1 Å². The molecular weight excluding hydrogens is 328 g/mol. The third kappa shape index (κ3) is 4.20. The first kappa shape index (κ1) is 16.5. The summed E-state index contributed by atoms with van der Waals surface area (Å²) in [6.07, 6.45) is 3.29. The number of amides is 1. The van der Waals surface area contributed by atoms with Crippen LogP contribution in [0.4, 0.5) is 0 Å². The van der Waals surface area contributed by atoms with E-state index in [0.717, 1.165) is 36.0 Å². The molecule has 0 aromatic heterocycles. The van der Waals surface area contributed by atoms with Crippen LogP contribution in [0.25, 0.3) is 0 Å². The molecule has 0 saturated carbocycles. The first-order chi connectivity index (χ1) is 8.72. The highest BCUT2D eigenvalue weighted by molar-refractivity contribution is 9.10. The van der Waals surface area contributed by atoms with Gasteiger partial charge in [0.05, 0.1) is 5.56 Å². The first-order valence-corrected chi connectivity index (χ1v) is 7.25. The average Bonchev–Trinajstić information content (AvgIpc) is 2.39. The van der Waals surface area contributed by atoms with Crippen LogP contribution in [0, 0.1) is 5.92 Å². The SMILES string of the molecule is Cl.NCCC1CCCN(C(=O)c2ccccc2Br)C1. The number of hydrogen-bond acceptors (Lipinski definition) is 2. The summed E-state index contributed by atoms with van der Waals surface area (Å²) in [7, 11) is 0. The zero-order valence-corrected chi connectivity index (χ0v) is 13.3. The highest BCUT2D eigenvalue weighted by Crippen LogP contribution is 2.23. The number of carbonyl (C=O) groups excluding carboxylic acids is 1. The molecule has 1 saturated heterocycles. The van der Waals surface area contributed by atoms with Crippen LogP contribution >= 0.6 is 28.3 Å². The number of nitrogens with zero attached hydrogens (tertiary/aromatic N) is 1. The van der Waals surface area contributed by atoms with E-state index in [-0.39, 0.29) is 18.3 Å². The summed E-state index contributed by atoms with van der Waals surface area (Å²) < 4.78 is 0.871. The van der Waals surface area contributed by atoms with Crippen LogP contribution in [-0.4, -0.2) is 30.4 Å². The second-order valence-corrected chi connectivity index (χ2v) is 5.67. The summed E-state index contributed by atoms with van der Waals surface area (Å²) in [5.41, 5.74) is 6.36. The predicted octanol–water partition coefficient (Wildman–Crippen LogP) is 3.07. The first-order valence-electron chi connectivity index (χ1n) is 6.46. The molecule has 19 heavy (non-hydrogen) atoms. The van der Waals surface area contributed by atoms with Gasteiger partial charge in [0.2, 0.25) is 0 Å². The standard InChI is InChI=1S/C14H19BrN2O.ClH/c15-13-6-2-1-5-12(13)14(18)17-9-3-4-11(10-17)7-8-16;/h1-2,5-6,11H,3-4,7-10,16H2;1H. The second-order valence-electron chi connectivity index (χ2n) is 4.82. The molecule has 106 valence electrons. The van der Waals surface area contributed by atoms with Gasteiger partial charge < -0.3 is 10.6 Å². The Morgan fingerprint density at radius 1 is 1.42 bits per heavy atom. The molecule has 1 unspecified atom stereocenters. The lowest BCUT2D eigenvalue weighted by molar-refractivity contribution is 0.0668. The predicted molar refractivity (Wildman–Crippen MR) is 83.7 cm³/mol. The van der Waals surface area contributed by atoms with E-state index in [9.17, 15) is 4.79 Å². The number of carbonyl (C=O) groups is 1. The number of hydrogen-bond donors (Lipinski definition) is 1. The lowest BCUT2D eigenvalue weighted by atomic mass is 9.94. The molecular formula is C14H20BrClN2O. The van der Waals surface area contributed by atoms with Gasteiger partial charge in [-0.3, -0.25) is 4.79 Å². The number of halogens is 2. The molecule has 1 fully saturated rings. The van der Waals surface area contributed by atoms with Crippen molar-refractivity contribution < 1.29 is 4.79 Å². The third-order valence-electron chi connectivity index (χ3n) is 3.49. The maximum absolute atomic E-state index is 12.4. The summed E-state index contributed by atoms with van der Waals surface area (Å²) in [6.45, 7) is 2.42. The Bertz CT molecular complexity index is 426. The molecule has 0 bridgehead atoms. The quantitative estimate of drug-likeness (QED) is 0.913. The van der Waals surface area contributed by atoms with Gasteiger partial charge in [0, 0.05) is 17.6 Å². The number of nitrogens with two attached hydrogens (primary N) is 1. The normalized spacial score (nSPS) is 18.8. The van der Waals surface area contributed by atoms with E-state index in [1.807, 2.05) is 29.2 Å². The highest BCUT2D eigenvalue weighted by Gasteiger charge is 2.24. The fourth-order valence-electron chi connectivity index (χ4n) is 2.53. The molecule has 1 aromatic carbocycles. The Labute approximate surface area is 129 Å². The van der Waals surface area contributed by atoms with Crippen LogP contribution in [0.2, 0.25) is 0 Å². The van der Waals surface area contributed by atoms with Gasteiger partial charge in [0.1, 0.15) is 0 Å². The van der Waals surface area contributed by atoms with Crippen LogP contribution < -0.4 is 5.73 Å². The van der Waals surface area contributed by atoms with E-state index in [2.05, 4.69) is 15.9 Å². The molecule has 0 radical (unpaired) electrons. The molecule has 0 spiro atoms. The minimum Gasteiger partial charge on any atom is -0.338 e. The topological polar surface area (TPSA) is 46.3 Å². The Hall–Kier alpha value is -0.580. The van der Waals surface area contributed by atoms with E-state index < -0.39 is 0 Å². The van der Waals surface area contributed by atoms with Crippen molar-refractivity contribution in [2.45, 2.75) is 19.3 Å². The van der Waals surface area contributed by atoms with Gasteiger partial charge in [0.25, 0.3) is 5.91 Å². The molecule has 1 aliphatic heterocycles. The lowest BCUT2D eigenvalue weighted by Gasteiger charge is -2.33. The number of likely N-dealkylation sites (tertiary alicyclic amines) is 1. The molecule has 1 heterocycles. The maximum Gasteiger partial charge on any atom is 0.255 e. The second kappa shape index (κ2) is 7.88. The smallest absolute Gasteiger partial charge is 0.255 e. The molecule has 2 N–H and O–H groups in total. The Balaban J connectivity index is 0.00000180. The number of piperidine rings is 1. The van der Waals surface area contributed by atoms with E-state index in [1.54, 1.807) is 0 Å². The van der Waals surface area contributed by atoms with Crippen molar-refractivity contribution in [2.75, 3.05) is 19.6 Å². The molecule has 3 nitrogen and oxygen atoms in total. The van der Waals surface area contributed by atoms with Gasteiger partial charge in [-0.2, -0.15) is 0 Å². The Morgan fingerprint density at radius 2 is 2.16 bits per heavy atom. The van der Waals surface area contributed by atoms with Crippen LogP contribution in [-0.2, 0) is 0 Å². The molecule has 1 aliphatic rings. The molecule has 0 aliphatic carbocycles. The summed E-state index contributed by atoms with van der Waals surface area (Å²) in [5.74, 6) is 0.694. The van der Waals surface area contributed by atoms with Crippen molar-refractivity contribution in [3.63, 3.8) is 0 Å². The van der Waals surface area contributed by atoms with Gasteiger partial charge in [-0.25, -0.2) is 0 Å². The van der Waals surface area contributed by atoms with Crippen molar-refractivity contribution in [1.82, 2.24) is 4.90 Å². The molecule has 5 heteroatoms. The maximum atomic E-state index is 12.4. The molecule has 1 amide bonds. The third-order valence-corrected chi connectivity index (χ3v) is 4.18. The monoisotopic (exact) mass is 346 g/mol. The number of benzene rings is 1. The Morgan fingerprint density at radius 3 is 2.84 bits per heavy atom. The fraction of sp³-hybridized carbons (Fsp3) is 0.500. The average molecular weight is 348 g/mol. The van der Waals surface area contributed by atoms with Crippen molar-refractivity contribution in [3.05, 3.63) is 34.3 Å². The van der Waals surface area contributed by atoms with Gasteiger partial charge >= 0.3 is 0 Å². The van der Waals surface area contributed by atoms with Crippen LogP contribution in [0.5, 0.6) is 0 Å². The molecule has 1 aromatic rings. The molecule has 1 atom stereocenters. The molecule has 2 rings (SSSR count). The minimum atomic E-state index is 0. The van der Waals surface area contributed by atoms with Crippen LogP contribution in [0.1, 0.15) is 29.6 Å². The van der Waals surface area contributed by atoms with Crippen molar-refractivity contribution in [2.24, 2.45) is 11.7 Å². The van der Waals surface area contributed by atoms with Gasteiger partial charge in [-0.05, 0) is 59.8 Å². The lowest BCUT2D eigenvalue weighted by Crippen LogP contribution is -2.40. The van der Waals surface area contributed by atoms with Crippen LogP contribution in [0.3, 0.4) is 0 Å². The largest absolute Gasteiger partial charge is 0.338 e. The zero-order valence-electron chi connectivity index (χ0n) is 10.8.